The number of ether oxygens (including phenoxy) is 3. The minimum Gasteiger partial charge on any atom is -0.365 e. The molecule has 9 nitrogen and oxygen atoms in total. The van der Waals surface area contributed by atoms with Crippen LogP contribution in [-0.4, -0.2) is 56.4 Å². The molecule has 4 aromatic carbocycles. The van der Waals surface area contributed by atoms with Gasteiger partial charge in [0.2, 0.25) is 0 Å². The van der Waals surface area contributed by atoms with Gasteiger partial charge in [-0.3, -0.25) is 9.36 Å². The molecule has 1 fully saturated rings. The third-order valence-electron chi connectivity index (χ3n) is 8.52. The van der Waals surface area contributed by atoms with E-state index in [2.05, 4.69) is 56.7 Å². The third kappa shape index (κ3) is 6.35. The topological polar surface area (TPSA) is 100 Å². The van der Waals surface area contributed by atoms with Gasteiger partial charge in [0, 0.05) is 12.0 Å². The van der Waals surface area contributed by atoms with Crippen LogP contribution < -0.4 is 5.32 Å². The number of hydrogen-bond acceptors (Lipinski definition) is 8. The van der Waals surface area contributed by atoms with Crippen molar-refractivity contribution in [3.8, 4) is 0 Å². The zero-order valence-electron chi connectivity index (χ0n) is 26.4. The largest absolute Gasteiger partial charge is 0.365 e. The van der Waals surface area contributed by atoms with E-state index in [1.807, 2.05) is 83.6 Å². The number of rotatable bonds is 12. The summed E-state index contributed by atoms with van der Waals surface area (Å²) in [7, 11) is 0. The average Bonchev–Trinajstić information content (AvgIpc) is 3.77. The molecule has 48 heavy (non-hydrogen) atoms. The molecular weight excluding hydrogens is 623 g/mol. The predicted octanol–water partition coefficient (Wildman–Crippen LogP) is 7.08. The number of aromatic nitrogens is 4. The Balaban J connectivity index is 1.19. The van der Waals surface area contributed by atoms with E-state index < -0.39 is 17.9 Å². The fourth-order valence-corrected chi connectivity index (χ4v) is 6.56. The summed E-state index contributed by atoms with van der Waals surface area (Å²) in [5.74, 6) is 0.573. The van der Waals surface area contributed by atoms with Gasteiger partial charge in [-0.2, -0.15) is 0 Å². The first kappa shape index (κ1) is 31.7. The number of nitrogens with zero attached hydrogens (tertiary/aromatic N) is 4. The zero-order valence-corrected chi connectivity index (χ0v) is 27.2. The van der Waals surface area contributed by atoms with Crippen LogP contribution in [0.1, 0.15) is 39.7 Å². The van der Waals surface area contributed by atoms with Crippen molar-refractivity contribution in [2.24, 2.45) is 0 Å². The quantitative estimate of drug-likeness (QED) is 0.110. The fourth-order valence-electron chi connectivity index (χ4n) is 6.25. The van der Waals surface area contributed by atoms with E-state index in [1.54, 1.807) is 30.2 Å². The first-order chi connectivity index (χ1) is 23.7. The Morgan fingerprint density at radius 2 is 1.44 bits per heavy atom. The molecule has 1 amide bonds. The van der Waals surface area contributed by atoms with Gasteiger partial charge in [-0.05, 0) is 35.1 Å². The number of thioether (sulfide) groups is 1. The molecule has 7 rings (SSSR count). The normalized spacial score (nSPS) is 17.8. The van der Waals surface area contributed by atoms with Gasteiger partial charge in [0.1, 0.15) is 24.3 Å². The van der Waals surface area contributed by atoms with Crippen LogP contribution in [0.3, 0.4) is 0 Å². The van der Waals surface area contributed by atoms with Crippen molar-refractivity contribution in [1.29, 1.82) is 0 Å². The molecule has 1 N–H and O–H groups in total. The number of anilines is 1. The second-order valence-corrected chi connectivity index (χ2v) is 12.2. The van der Waals surface area contributed by atoms with Crippen LogP contribution >= 0.6 is 11.8 Å². The van der Waals surface area contributed by atoms with Crippen molar-refractivity contribution in [2.75, 3.05) is 24.1 Å². The van der Waals surface area contributed by atoms with Crippen LogP contribution in [0.2, 0.25) is 0 Å². The molecule has 3 heterocycles. The minimum atomic E-state index is -0.893. The molecule has 0 aliphatic carbocycles. The number of nitrogens with one attached hydrogen (secondary N) is 1. The van der Waals surface area contributed by atoms with Gasteiger partial charge < -0.3 is 19.5 Å². The maximum Gasteiger partial charge on any atom is 0.256 e. The zero-order chi connectivity index (χ0) is 32.8. The van der Waals surface area contributed by atoms with Crippen LogP contribution in [-0.2, 0) is 19.8 Å². The smallest absolute Gasteiger partial charge is 0.256 e. The van der Waals surface area contributed by atoms with Gasteiger partial charge in [0.05, 0.1) is 25.0 Å². The minimum absolute atomic E-state index is 0.251. The Kier molecular flexibility index (Phi) is 9.57. The van der Waals surface area contributed by atoms with Crippen molar-refractivity contribution < 1.29 is 19.0 Å². The van der Waals surface area contributed by atoms with E-state index in [-0.39, 0.29) is 18.6 Å². The lowest BCUT2D eigenvalue weighted by molar-refractivity contribution is -0.0991. The predicted molar refractivity (Wildman–Crippen MR) is 187 cm³/mol. The number of amides is 1. The summed E-state index contributed by atoms with van der Waals surface area (Å²) in [6, 6.07) is 39.9. The van der Waals surface area contributed by atoms with E-state index in [9.17, 15) is 4.79 Å². The Hall–Kier alpha value is -4.87. The van der Waals surface area contributed by atoms with Crippen LogP contribution in [0.15, 0.2) is 134 Å². The highest BCUT2D eigenvalue weighted by Crippen LogP contribution is 2.42. The molecule has 0 saturated carbocycles. The van der Waals surface area contributed by atoms with Gasteiger partial charge in [-0.1, -0.05) is 109 Å². The summed E-state index contributed by atoms with van der Waals surface area (Å²) >= 11 is 1.61. The summed E-state index contributed by atoms with van der Waals surface area (Å²) in [6.07, 6.45) is 4.60. The van der Waals surface area contributed by atoms with E-state index in [0.29, 0.717) is 34.9 Å². The third-order valence-corrected chi connectivity index (χ3v) is 8.89. The van der Waals surface area contributed by atoms with Crippen LogP contribution in [0, 0.1) is 0 Å². The lowest BCUT2D eigenvalue weighted by Gasteiger charge is -2.37. The molecule has 0 bridgehead atoms. The molecule has 3 atom stereocenters. The lowest BCUT2D eigenvalue weighted by atomic mass is 9.80. The molecule has 1 unspecified atom stereocenters. The van der Waals surface area contributed by atoms with Gasteiger partial charge in [0.25, 0.3) is 5.91 Å². The first-order valence-electron chi connectivity index (χ1n) is 15.8. The molecule has 0 spiro atoms. The highest BCUT2D eigenvalue weighted by Gasteiger charge is 2.43. The Morgan fingerprint density at radius 3 is 2.02 bits per heavy atom. The molecule has 6 aromatic rings. The second kappa shape index (κ2) is 14.5. The monoisotopic (exact) mass is 657 g/mol. The maximum absolute atomic E-state index is 12.9. The Labute approximate surface area is 283 Å². The molecule has 1 aliphatic heterocycles. The summed E-state index contributed by atoms with van der Waals surface area (Å²) in [5, 5.41) is 2.88. The van der Waals surface area contributed by atoms with Gasteiger partial charge >= 0.3 is 0 Å². The summed E-state index contributed by atoms with van der Waals surface area (Å²) in [4.78, 5) is 26.3. The fraction of sp³-hybridized carbons (Fsp3) is 0.211. The summed E-state index contributed by atoms with van der Waals surface area (Å²) in [5.41, 5.74) is 3.70. The summed E-state index contributed by atoms with van der Waals surface area (Å²) < 4.78 is 22.1. The van der Waals surface area contributed by atoms with Gasteiger partial charge in [0.15, 0.2) is 17.0 Å². The van der Waals surface area contributed by atoms with Crippen LogP contribution in [0.5, 0.6) is 0 Å². The van der Waals surface area contributed by atoms with E-state index in [1.165, 1.54) is 6.33 Å². The second-order valence-electron chi connectivity index (χ2n) is 11.4. The van der Waals surface area contributed by atoms with Crippen molar-refractivity contribution in [2.45, 2.75) is 30.5 Å². The van der Waals surface area contributed by atoms with E-state index >= 15 is 0 Å². The first-order valence-corrected chi connectivity index (χ1v) is 17.2. The van der Waals surface area contributed by atoms with E-state index in [4.69, 9.17) is 14.2 Å². The Bertz CT molecular complexity index is 1850. The highest BCUT2D eigenvalue weighted by atomic mass is 32.2. The highest BCUT2D eigenvalue weighted by molar-refractivity contribution is 7.98. The maximum atomic E-state index is 12.9. The van der Waals surface area contributed by atoms with Crippen molar-refractivity contribution in [1.82, 2.24) is 19.5 Å². The molecule has 1 aliphatic rings. The SMILES string of the molecule is CSCOC1C[C@H](n2cnc3c(NC(=O)c4ccccc4)ncnc32)O[C@@H]1COC(c1ccccc1)(c1ccccc1)c1ccccc1. The number of benzene rings is 4. The number of carbonyl (C=O) groups is 1. The van der Waals surface area contributed by atoms with Gasteiger partial charge in [-0.15, -0.1) is 11.8 Å². The van der Waals surface area contributed by atoms with Gasteiger partial charge in [-0.25, -0.2) is 15.0 Å². The number of carbonyl (C=O) groups excluding carboxylic acids is 1. The lowest BCUT2D eigenvalue weighted by Crippen LogP contribution is -2.38. The Morgan fingerprint density at radius 1 is 0.854 bits per heavy atom. The van der Waals surface area contributed by atoms with E-state index in [0.717, 1.165) is 16.7 Å². The van der Waals surface area contributed by atoms with Crippen molar-refractivity contribution in [3.05, 3.63) is 156 Å². The molecular formula is C38H35N5O4S. The standard InChI is InChI=1S/C38H35N5O4S/c1-48-26-45-31-22-33(43-25-41-34-35(39-24-40-36(34)43)42-37(44)27-14-6-2-7-15-27)47-32(31)23-46-38(28-16-8-3-9-17-28,29-18-10-4-11-19-29)30-20-12-5-13-21-30/h2-21,24-25,31-33H,22-23,26H2,1H3,(H,39,40,42,44)/t31?,32-,33-/m1/s1. The molecule has 10 heteroatoms. The molecule has 0 radical (unpaired) electrons. The number of hydrogen-bond donors (Lipinski definition) is 1. The van der Waals surface area contributed by atoms with Crippen molar-refractivity contribution >= 4 is 34.7 Å². The van der Waals surface area contributed by atoms with Crippen LogP contribution in [0.25, 0.3) is 11.2 Å². The molecule has 242 valence electrons. The number of fused-ring (bicyclic) bond motifs is 1. The average molecular weight is 658 g/mol. The molecule has 1 saturated heterocycles. The number of imidazole rings is 1. The van der Waals surface area contributed by atoms with Crippen LogP contribution in [0.4, 0.5) is 5.82 Å². The van der Waals surface area contributed by atoms with Crippen molar-refractivity contribution in [3.63, 3.8) is 0 Å². The summed E-state index contributed by atoms with van der Waals surface area (Å²) in [6.45, 7) is 0.258. The molecule has 2 aromatic heterocycles.